The average Bonchev–Trinajstić information content (AvgIpc) is 3.50. The lowest BCUT2D eigenvalue weighted by Gasteiger charge is -2.34. The molecular formula is C26H36N4O3S. The number of hydrogen-bond donors (Lipinski definition) is 0. The molecule has 184 valence electrons. The van der Waals surface area contributed by atoms with Crippen LogP contribution in [-0.2, 0) is 23.1 Å². The number of carbonyl (C=O) groups excluding carboxylic acids is 1. The van der Waals surface area contributed by atoms with Crippen molar-refractivity contribution >= 4 is 18.0 Å². The third-order valence-corrected chi connectivity index (χ3v) is 8.68. The van der Waals surface area contributed by atoms with E-state index in [0.717, 1.165) is 69.8 Å². The zero-order valence-electron chi connectivity index (χ0n) is 20.3. The van der Waals surface area contributed by atoms with Gasteiger partial charge in [0.05, 0.1) is 5.69 Å². The van der Waals surface area contributed by atoms with E-state index in [0.29, 0.717) is 24.4 Å². The number of nitrogens with zero attached hydrogens (tertiary/aromatic N) is 4. The molecule has 7 nitrogen and oxygen atoms in total. The summed E-state index contributed by atoms with van der Waals surface area (Å²) in [4.78, 5) is 15.4. The van der Waals surface area contributed by atoms with Crippen LogP contribution in [0.2, 0.25) is 0 Å². The molecule has 2 unspecified atom stereocenters. The number of carbonyl (C=O) groups is 1. The minimum Gasteiger partial charge on any atom is -0.445 e. The Morgan fingerprint density at radius 1 is 1.18 bits per heavy atom. The van der Waals surface area contributed by atoms with E-state index in [2.05, 4.69) is 20.4 Å². The van der Waals surface area contributed by atoms with Crippen LogP contribution in [0.4, 0.5) is 4.79 Å². The van der Waals surface area contributed by atoms with E-state index in [4.69, 9.17) is 9.47 Å². The van der Waals surface area contributed by atoms with Gasteiger partial charge in [0.25, 0.3) is 0 Å². The Hall–Kier alpha value is -2.03. The number of amides is 1. The maximum atomic E-state index is 13.3. The van der Waals surface area contributed by atoms with Crippen molar-refractivity contribution in [2.45, 2.75) is 50.3 Å². The smallest absolute Gasteiger partial charge is 0.410 e. The third kappa shape index (κ3) is 5.61. The Bertz CT molecular complexity index is 948. The molecule has 2 atom stereocenters. The number of benzene rings is 1. The van der Waals surface area contributed by atoms with Crippen molar-refractivity contribution in [3.8, 4) is 0 Å². The molecule has 1 saturated carbocycles. The first-order valence-corrected chi connectivity index (χ1v) is 13.3. The summed E-state index contributed by atoms with van der Waals surface area (Å²) in [5, 5.41) is 5.67. The minimum absolute atomic E-state index is 0.156. The second-order valence-corrected chi connectivity index (χ2v) is 11.2. The molecule has 2 aromatic rings. The van der Waals surface area contributed by atoms with Crippen LogP contribution < -0.4 is 0 Å². The van der Waals surface area contributed by atoms with E-state index >= 15 is 0 Å². The fraction of sp³-hybridized carbons (Fsp3) is 0.615. The van der Waals surface area contributed by atoms with Gasteiger partial charge in [0.15, 0.2) is 0 Å². The van der Waals surface area contributed by atoms with E-state index in [-0.39, 0.29) is 12.1 Å². The Kier molecular flexibility index (Phi) is 7.46. The highest BCUT2D eigenvalue weighted by molar-refractivity contribution is 7.97. The van der Waals surface area contributed by atoms with Crippen molar-refractivity contribution in [1.29, 1.82) is 0 Å². The summed E-state index contributed by atoms with van der Waals surface area (Å²) in [6, 6.07) is 12.4. The second-order valence-electron chi connectivity index (χ2n) is 10.1. The Labute approximate surface area is 206 Å². The SMILES string of the molecule is Cc1cc(SN2CC3CC(N(CC4CCOCC4)C(=O)OCc4ccccc4)CC3C2)n(C)n1. The van der Waals surface area contributed by atoms with Crippen molar-refractivity contribution in [2.75, 3.05) is 32.8 Å². The van der Waals surface area contributed by atoms with Gasteiger partial charge in [0, 0.05) is 45.9 Å². The molecule has 8 heteroatoms. The number of aromatic nitrogens is 2. The Morgan fingerprint density at radius 3 is 2.53 bits per heavy atom. The van der Waals surface area contributed by atoms with Crippen molar-refractivity contribution in [1.82, 2.24) is 19.0 Å². The molecule has 2 aliphatic heterocycles. The number of rotatable bonds is 7. The Balaban J connectivity index is 1.20. The van der Waals surface area contributed by atoms with Gasteiger partial charge >= 0.3 is 6.09 Å². The molecule has 2 saturated heterocycles. The van der Waals surface area contributed by atoms with Gasteiger partial charge in [-0.15, -0.1) is 0 Å². The fourth-order valence-electron chi connectivity index (χ4n) is 5.74. The lowest BCUT2D eigenvalue weighted by Crippen LogP contribution is -2.44. The molecule has 0 spiro atoms. The maximum Gasteiger partial charge on any atom is 0.410 e. The van der Waals surface area contributed by atoms with Crippen LogP contribution in [-0.4, -0.2) is 64.0 Å². The summed E-state index contributed by atoms with van der Waals surface area (Å²) in [6.45, 7) is 6.89. The van der Waals surface area contributed by atoms with Crippen molar-refractivity contribution < 1.29 is 14.3 Å². The molecule has 5 rings (SSSR count). The number of fused-ring (bicyclic) bond motifs is 1. The summed E-state index contributed by atoms with van der Waals surface area (Å²) in [7, 11) is 2.01. The van der Waals surface area contributed by atoms with Crippen LogP contribution in [0.1, 0.15) is 36.9 Å². The molecule has 1 aromatic heterocycles. The molecule has 0 bridgehead atoms. The van der Waals surface area contributed by atoms with Crippen LogP contribution in [0.5, 0.6) is 0 Å². The molecule has 3 aliphatic rings. The molecular weight excluding hydrogens is 448 g/mol. The molecule has 3 fully saturated rings. The number of aryl methyl sites for hydroxylation is 2. The molecule has 0 N–H and O–H groups in total. The molecule has 1 aromatic carbocycles. The third-order valence-electron chi connectivity index (χ3n) is 7.55. The molecule has 0 radical (unpaired) electrons. The number of hydrogen-bond acceptors (Lipinski definition) is 6. The van der Waals surface area contributed by atoms with Crippen LogP contribution >= 0.6 is 11.9 Å². The van der Waals surface area contributed by atoms with E-state index < -0.39 is 0 Å². The summed E-state index contributed by atoms with van der Waals surface area (Å²) >= 11 is 1.82. The lowest BCUT2D eigenvalue weighted by molar-refractivity contribution is 0.0351. The van der Waals surface area contributed by atoms with Gasteiger partial charge in [-0.05, 0) is 73.9 Å². The zero-order chi connectivity index (χ0) is 23.5. The molecule has 34 heavy (non-hydrogen) atoms. The quantitative estimate of drug-likeness (QED) is 0.539. The van der Waals surface area contributed by atoms with Gasteiger partial charge in [-0.3, -0.25) is 4.68 Å². The summed E-state index contributed by atoms with van der Waals surface area (Å²) in [5.74, 6) is 1.76. The van der Waals surface area contributed by atoms with E-state index in [1.807, 2.05) is 60.9 Å². The normalized spacial score (nSPS) is 25.4. The topological polar surface area (TPSA) is 59.8 Å². The van der Waals surface area contributed by atoms with Gasteiger partial charge in [-0.2, -0.15) is 5.10 Å². The lowest BCUT2D eigenvalue weighted by atomic mass is 9.98. The molecule has 3 heterocycles. The van der Waals surface area contributed by atoms with Gasteiger partial charge in [0.2, 0.25) is 0 Å². The first-order valence-electron chi connectivity index (χ1n) is 12.5. The van der Waals surface area contributed by atoms with Crippen molar-refractivity contribution in [2.24, 2.45) is 24.8 Å². The van der Waals surface area contributed by atoms with Crippen LogP contribution in [0.25, 0.3) is 0 Å². The van der Waals surface area contributed by atoms with Crippen molar-refractivity contribution in [3.63, 3.8) is 0 Å². The van der Waals surface area contributed by atoms with E-state index in [9.17, 15) is 4.79 Å². The highest BCUT2D eigenvalue weighted by Gasteiger charge is 2.45. The predicted molar refractivity (Wildman–Crippen MR) is 132 cm³/mol. The largest absolute Gasteiger partial charge is 0.445 e. The first kappa shape index (κ1) is 23.7. The standard InChI is InChI=1S/C26H36N4O3S/c1-19-12-25(28(2)27-19)34-29-16-22-13-24(14-23(22)17-29)30(15-20-8-10-32-11-9-20)26(31)33-18-21-6-4-3-5-7-21/h3-7,12,20,22-24H,8-11,13-18H2,1-2H3. The van der Waals surface area contributed by atoms with Gasteiger partial charge < -0.3 is 14.4 Å². The predicted octanol–water partition coefficient (Wildman–Crippen LogP) is 4.51. The fourth-order valence-corrected chi connectivity index (χ4v) is 6.92. The minimum atomic E-state index is -0.156. The van der Waals surface area contributed by atoms with Gasteiger partial charge in [-0.25, -0.2) is 9.10 Å². The Morgan fingerprint density at radius 2 is 1.88 bits per heavy atom. The summed E-state index contributed by atoms with van der Waals surface area (Å²) < 4.78 is 15.8. The van der Waals surface area contributed by atoms with Crippen LogP contribution in [0.15, 0.2) is 41.4 Å². The van der Waals surface area contributed by atoms with Crippen molar-refractivity contribution in [3.05, 3.63) is 47.7 Å². The monoisotopic (exact) mass is 484 g/mol. The van der Waals surface area contributed by atoms with Crippen LogP contribution in [0.3, 0.4) is 0 Å². The van der Waals surface area contributed by atoms with Gasteiger partial charge in [-0.1, -0.05) is 30.3 Å². The first-order chi connectivity index (χ1) is 16.5. The van der Waals surface area contributed by atoms with E-state index in [1.165, 1.54) is 5.03 Å². The van der Waals surface area contributed by atoms with E-state index in [1.54, 1.807) is 0 Å². The zero-order valence-corrected chi connectivity index (χ0v) is 21.1. The average molecular weight is 485 g/mol. The molecule has 1 aliphatic carbocycles. The van der Waals surface area contributed by atoms with Gasteiger partial charge in [0.1, 0.15) is 11.6 Å². The second kappa shape index (κ2) is 10.7. The number of ether oxygens (including phenoxy) is 2. The molecule has 1 amide bonds. The summed E-state index contributed by atoms with van der Waals surface area (Å²) in [5.41, 5.74) is 2.09. The van der Waals surface area contributed by atoms with Crippen LogP contribution in [0, 0.1) is 24.7 Å². The maximum absolute atomic E-state index is 13.3. The summed E-state index contributed by atoms with van der Waals surface area (Å²) in [6.07, 6.45) is 4.02. The highest BCUT2D eigenvalue weighted by atomic mass is 32.2. The highest BCUT2D eigenvalue weighted by Crippen LogP contribution is 2.44.